The summed E-state index contributed by atoms with van der Waals surface area (Å²) in [6.45, 7) is 3.54. The molecule has 0 bridgehead atoms. The van der Waals surface area contributed by atoms with Crippen molar-refractivity contribution >= 4 is 34.8 Å². The van der Waals surface area contributed by atoms with Gasteiger partial charge in [-0.3, -0.25) is 9.69 Å². The number of rotatable bonds is 4. The molecule has 2 saturated heterocycles. The average Bonchev–Trinajstić information content (AvgIpc) is 3.07. The molecule has 3 rings (SSSR count). The minimum absolute atomic E-state index is 0.0355. The SMILES string of the molecule is O=C(CN1CCC(C2CCCN2)CC1)Nc1cccc(Cl)c1Cl. The van der Waals surface area contributed by atoms with Crippen molar-refractivity contribution < 1.29 is 4.79 Å². The van der Waals surface area contributed by atoms with Gasteiger partial charge in [0.2, 0.25) is 5.91 Å². The van der Waals surface area contributed by atoms with Gasteiger partial charge in [-0.1, -0.05) is 29.3 Å². The molecule has 2 aliphatic heterocycles. The molecule has 1 atom stereocenters. The van der Waals surface area contributed by atoms with E-state index in [1.54, 1.807) is 18.2 Å². The number of piperidine rings is 1. The Morgan fingerprint density at radius 2 is 2.04 bits per heavy atom. The minimum atomic E-state index is -0.0355. The predicted octanol–water partition coefficient (Wildman–Crippen LogP) is 3.40. The van der Waals surface area contributed by atoms with Crippen LogP contribution >= 0.6 is 23.2 Å². The van der Waals surface area contributed by atoms with E-state index in [-0.39, 0.29) is 5.91 Å². The third-order valence-corrected chi connectivity index (χ3v) is 5.71. The Labute approximate surface area is 147 Å². The molecule has 23 heavy (non-hydrogen) atoms. The summed E-state index contributed by atoms with van der Waals surface area (Å²) < 4.78 is 0. The van der Waals surface area contributed by atoms with Gasteiger partial charge in [-0.25, -0.2) is 0 Å². The molecule has 1 unspecified atom stereocenters. The average molecular weight is 356 g/mol. The van der Waals surface area contributed by atoms with Gasteiger partial charge >= 0.3 is 0 Å². The maximum Gasteiger partial charge on any atom is 0.238 e. The molecule has 2 heterocycles. The summed E-state index contributed by atoms with van der Waals surface area (Å²) in [5.74, 6) is 0.728. The lowest BCUT2D eigenvalue weighted by Crippen LogP contribution is -2.43. The van der Waals surface area contributed by atoms with Crippen molar-refractivity contribution in [2.24, 2.45) is 5.92 Å². The summed E-state index contributed by atoms with van der Waals surface area (Å²) >= 11 is 12.1. The Bertz CT molecular complexity index is 553. The van der Waals surface area contributed by atoms with Crippen molar-refractivity contribution in [3.63, 3.8) is 0 Å². The molecule has 0 aliphatic carbocycles. The van der Waals surface area contributed by atoms with Crippen LogP contribution < -0.4 is 10.6 Å². The first kappa shape index (κ1) is 17.0. The first-order chi connectivity index (χ1) is 11.1. The molecule has 1 aromatic rings. The van der Waals surface area contributed by atoms with Crippen LogP contribution in [0, 0.1) is 5.92 Å². The summed E-state index contributed by atoms with van der Waals surface area (Å²) in [7, 11) is 0. The molecule has 0 saturated carbocycles. The van der Waals surface area contributed by atoms with E-state index in [1.807, 2.05) is 0 Å². The van der Waals surface area contributed by atoms with Gasteiger partial charge in [0.1, 0.15) is 0 Å². The standard InChI is InChI=1S/C17H23Cl2N3O/c18-13-3-1-4-15(17(13)19)21-16(23)11-22-9-6-12(7-10-22)14-5-2-8-20-14/h1,3-4,12,14,20H,2,5-11H2,(H,21,23). The molecule has 6 heteroatoms. The number of nitrogens with zero attached hydrogens (tertiary/aromatic N) is 1. The fraction of sp³-hybridized carbons (Fsp3) is 0.588. The molecular weight excluding hydrogens is 333 g/mol. The quantitative estimate of drug-likeness (QED) is 0.869. The lowest BCUT2D eigenvalue weighted by Gasteiger charge is -2.34. The van der Waals surface area contributed by atoms with Crippen molar-refractivity contribution in [3.8, 4) is 0 Å². The molecule has 0 spiro atoms. The van der Waals surface area contributed by atoms with Crippen LogP contribution in [-0.2, 0) is 4.79 Å². The number of likely N-dealkylation sites (tertiary alicyclic amines) is 1. The van der Waals surface area contributed by atoms with Gasteiger partial charge in [-0.2, -0.15) is 0 Å². The van der Waals surface area contributed by atoms with Crippen LogP contribution in [0.2, 0.25) is 10.0 Å². The van der Waals surface area contributed by atoms with Crippen LogP contribution in [0.25, 0.3) is 0 Å². The van der Waals surface area contributed by atoms with E-state index < -0.39 is 0 Å². The molecule has 2 fully saturated rings. The van der Waals surface area contributed by atoms with E-state index in [4.69, 9.17) is 23.2 Å². The zero-order valence-corrected chi connectivity index (χ0v) is 14.7. The second kappa shape index (κ2) is 7.84. The molecule has 0 radical (unpaired) electrons. The smallest absolute Gasteiger partial charge is 0.238 e. The van der Waals surface area contributed by atoms with E-state index in [2.05, 4.69) is 15.5 Å². The molecule has 1 aromatic carbocycles. The number of halogens is 2. The summed E-state index contributed by atoms with van der Waals surface area (Å²) in [5.41, 5.74) is 0.578. The maximum absolute atomic E-state index is 12.2. The highest BCUT2D eigenvalue weighted by Gasteiger charge is 2.28. The fourth-order valence-electron chi connectivity index (χ4n) is 3.62. The van der Waals surface area contributed by atoms with Crippen molar-refractivity contribution in [2.45, 2.75) is 31.7 Å². The summed E-state index contributed by atoms with van der Waals surface area (Å²) in [6.07, 6.45) is 4.94. The fourth-order valence-corrected chi connectivity index (χ4v) is 3.97. The highest BCUT2D eigenvalue weighted by atomic mass is 35.5. The molecular formula is C17H23Cl2N3O. The number of benzene rings is 1. The van der Waals surface area contributed by atoms with Gasteiger partial charge in [0.25, 0.3) is 0 Å². The van der Waals surface area contributed by atoms with E-state index in [0.29, 0.717) is 28.3 Å². The van der Waals surface area contributed by atoms with Crippen LogP contribution in [0.1, 0.15) is 25.7 Å². The number of nitrogens with one attached hydrogen (secondary N) is 2. The third-order valence-electron chi connectivity index (χ3n) is 4.89. The van der Waals surface area contributed by atoms with Gasteiger partial charge < -0.3 is 10.6 Å². The maximum atomic E-state index is 12.2. The van der Waals surface area contributed by atoms with Gasteiger partial charge in [0.05, 0.1) is 22.3 Å². The first-order valence-electron chi connectivity index (χ1n) is 8.33. The zero-order chi connectivity index (χ0) is 16.2. The summed E-state index contributed by atoms with van der Waals surface area (Å²) in [5, 5.41) is 7.31. The van der Waals surface area contributed by atoms with E-state index >= 15 is 0 Å². The minimum Gasteiger partial charge on any atom is -0.324 e. The van der Waals surface area contributed by atoms with Crippen molar-refractivity contribution in [3.05, 3.63) is 28.2 Å². The second-order valence-corrected chi connectivity index (χ2v) is 7.25. The molecule has 126 valence electrons. The molecule has 1 amide bonds. The van der Waals surface area contributed by atoms with Gasteiger partial charge in [-0.15, -0.1) is 0 Å². The second-order valence-electron chi connectivity index (χ2n) is 6.47. The topological polar surface area (TPSA) is 44.4 Å². The Balaban J connectivity index is 1.46. The van der Waals surface area contributed by atoms with Crippen LogP contribution in [0.15, 0.2) is 18.2 Å². The monoisotopic (exact) mass is 355 g/mol. The van der Waals surface area contributed by atoms with Crippen molar-refractivity contribution in [2.75, 3.05) is 31.5 Å². The molecule has 4 nitrogen and oxygen atoms in total. The van der Waals surface area contributed by atoms with Crippen molar-refractivity contribution in [1.82, 2.24) is 10.2 Å². The first-order valence-corrected chi connectivity index (χ1v) is 9.08. The van der Waals surface area contributed by atoms with Crippen molar-refractivity contribution in [1.29, 1.82) is 0 Å². The Morgan fingerprint density at radius 3 is 2.74 bits per heavy atom. The number of anilines is 1. The van der Waals surface area contributed by atoms with Crippen LogP contribution in [0.3, 0.4) is 0 Å². The number of amides is 1. The lowest BCUT2D eigenvalue weighted by molar-refractivity contribution is -0.117. The number of hydrogen-bond donors (Lipinski definition) is 2. The van der Waals surface area contributed by atoms with E-state index in [1.165, 1.54) is 25.7 Å². The van der Waals surface area contributed by atoms with Gasteiger partial charge in [0, 0.05) is 6.04 Å². The van der Waals surface area contributed by atoms with E-state index in [0.717, 1.165) is 25.6 Å². The number of hydrogen-bond acceptors (Lipinski definition) is 3. The zero-order valence-electron chi connectivity index (χ0n) is 13.2. The molecule has 0 aromatic heterocycles. The highest BCUT2D eigenvalue weighted by Crippen LogP contribution is 2.29. The molecule has 2 N–H and O–H groups in total. The lowest BCUT2D eigenvalue weighted by atomic mass is 9.88. The Morgan fingerprint density at radius 1 is 1.26 bits per heavy atom. The molecule has 2 aliphatic rings. The number of carbonyl (C=O) groups excluding carboxylic acids is 1. The Hall–Kier alpha value is -0.810. The van der Waals surface area contributed by atoms with Crippen LogP contribution in [0.5, 0.6) is 0 Å². The Kier molecular flexibility index (Phi) is 5.81. The summed E-state index contributed by atoms with van der Waals surface area (Å²) in [6, 6.07) is 5.95. The van der Waals surface area contributed by atoms with Crippen LogP contribution in [-0.4, -0.2) is 43.0 Å². The highest BCUT2D eigenvalue weighted by molar-refractivity contribution is 6.43. The largest absolute Gasteiger partial charge is 0.324 e. The summed E-state index contributed by atoms with van der Waals surface area (Å²) in [4.78, 5) is 14.4. The van der Waals surface area contributed by atoms with Crippen LogP contribution in [0.4, 0.5) is 5.69 Å². The van der Waals surface area contributed by atoms with E-state index in [9.17, 15) is 4.79 Å². The third kappa shape index (κ3) is 4.38. The predicted molar refractivity (Wildman–Crippen MR) is 95.3 cm³/mol. The van der Waals surface area contributed by atoms with Gasteiger partial charge in [-0.05, 0) is 63.4 Å². The normalized spacial score (nSPS) is 23.1. The number of carbonyl (C=O) groups is 1. The van der Waals surface area contributed by atoms with Gasteiger partial charge in [0.15, 0.2) is 0 Å².